The fourth-order valence-electron chi connectivity index (χ4n) is 2.53. The highest BCUT2D eigenvalue weighted by atomic mass is 35.5. The lowest BCUT2D eigenvalue weighted by Crippen LogP contribution is -2.30. The predicted octanol–water partition coefficient (Wildman–Crippen LogP) is 3.98. The first-order valence-corrected chi connectivity index (χ1v) is 11.0. The number of alkyl halides is 3. The molecular formula is C16H15ClF3N5O2S2. The third-order valence-corrected chi connectivity index (χ3v) is 7.42. The van der Waals surface area contributed by atoms with Gasteiger partial charge in [0.25, 0.3) is 0 Å². The summed E-state index contributed by atoms with van der Waals surface area (Å²) in [7, 11) is -3.71. The van der Waals surface area contributed by atoms with Crippen LogP contribution in [0.1, 0.15) is 19.4 Å². The molecule has 0 aliphatic rings. The number of halogens is 4. The minimum atomic E-state index is -4.56. The van der Waals surface area contributed by atoms with Gasteiger partial charge in [0, 0.05) is 25.5 Å². The molecule has 0 aromatic carbocycles. The Kier molecular flexibility index (Phi) is 6.08. The molecule has 0 saturated carbocycles. The van der Waals surface area contributed by atoms with E-state index in [-0.39, 0.29) is 20.1 Å². The molecule has 0 atom stereocenters. The maximum Gasteiger partial charge on any atom is 0.417 e. The summed E-state index contributed by atoms with van der Waals surface area (Å²) < 4.78 is 66.5. The average molecular weight is 466 g/mol. The molecule has 0 aliphatic carbocycles. The van der Waals surface area contributed by atoms with Gasteiger partial charge in [-0.05, 0) is 30.0 Å². The lowest BCUT2D eigenvalue weighted by atomic mass is 10.3. The van der Waals surface area contributed by atoms with E-state index in [2.05, 4.69) is 15.2 Å². The Morgan fingerprint density at radius 2 is 1.90 bits per heavy atom. The summed E-state index contributed by atoms with van der Waals surface area (Å²) in [5.41, 5.74) is -0.598. The van der Waals surface area contributed by atoms with E-state index in [1.807, 2.05) is 0 Å². The average Bonchev–Trinajstić information content (AvgIpc) is 3.05. The Hall–Kier alpha value is -1.89. The topological polar surface area (TPSA) is 80.5 Å². The van der Waals surface area contributed by atoms with Gasteiger partial charge in [-0.1, -0.05) is 25.4 Å². The van der Waals surface area contributed by atoms with Crippen molar-refractivity contribution in [3.8, 4) is 0 Å². The van der Waals surface area contributed by atoms with Gasteiger partial charge in [-0.25, -0.2) is 13.4 Å². The van der Waals surface area contributed by atoms with Crippen LogP contribution >= 0.6 is 23.4 Å². The van der Waals surface area contributed by atoms with Gasteiger partial charge in [0.1, 0.15) is 5.03 Å². The van der Waals surface area contributed by atoms with Gasteiger partial charge in [-0.2, -0.15) is 17.5 Å². The molecule has 3 heterocycles. The van der Waals surface area contributed by atoms with Crippen LogP contribution in [0.4, 0.5) is 13.2 Å². The van der Waals surface area contributed by atoms with E-state index in [1.54, 1.807) is 13.8 Å². The standard InChI is InChI=1S/C16H15ClF3N5O2S2/c1-3-24(4-2)29(26,27)11-5-6-13-22-23-15(25(13)9-11)28-14-12(17)7-10(8-21-14)16(18,19)20/h5-9H,3-4H2,1-2H3. The van der Waals surface area contributed by atoms with E-state index in [9.17, 15) is 21.6 Å². The first-order valence-electron chi connectivity index (χ1n) is 8.33. The third-order valence-electron chi connectivity index (χ3n) is 4.01. The van der Waals surface area contributed by atoms with E-state index in [0.717, 1.165) is 17.8 Å². The highest BCUT2D eigenvalue weighted by Gasteiger charge is 2.32. The van der Waals surface area contributed by atoms with Crippen LogP contribution in [-0.4, -0.2) is 45.4 Å². The molecule has 0 spiro atoms. The number of pyridine rings is 2. The Labute approximate surface area is 174 Å². The molecule has 3 aromatic heterocycles. The largest absolute Gasteiger partial charge is 0.417 e. The number of sulfonamides is 1. The molecule has 0 unspecified atom stereocenters. The van der Waals surface area contributed by atoms with Crippen molar-refractivity contribution in [3.05, 3.63) is 41.2 Å². The quantitative estimate of drug-likeness (QED) is 0.548. The number of fused-ring (bicyclic) bond motifs is 1. The van der Waals surface area contributed by atoms with Crippen LogP contribution in [0.25, 0.3) is 5.65 Å². The van der Waals surface area contributed by atoms with E-state index in [0.29, 0.717) is 24.9 Å². The summed E-state index contributed by atoms with van der Waals surface area (Å²) in [6, 6.07) is 3.70. The molecule has 0 aliphatic heterocycles. The van der Waals surface area contributed by atoms with Crippen molar-refractivity contribution < 1.29 is 21.6 Å². The first kappa shape index (κ1) is 21.8. The van der Waals surface area contributed by atoms with Gasteiger partial charge < -0.3 is 0 Å². The van der Waals surface area contributed by atoms with Gasteiger partial charge in [0.2, 0.25) is 15.2 Å². The van der Waals surface area contributed by atoms with E-state index >= 15 is 0 Å². The summed E-state index contributed by atoms with van der Waals surface area (Å²) in [4.78, 5) is 3.80. The Bertz CT molecular complexity index is 1150. The van der Waals surface area contributed by atoms with Crippen LogP contribution < -0.4 is 0 Å². The van der Waals surface area contributed by atoms with Gasteiger partial charge in [0.05, 0.1) is 15.5 Å². The van der Waals surface area contributed by atoms with E-state index in [1.165, 1.54) is 27.0 Å². The van der Waals surface area contributed by atoms with Gasteiger partial charge in [-0.15, -0.1) is 10.2 Å². The van der Waals surface area contributed by atoms with Crippen molar-refractivity contribution in [3.63, 3.8) is 0 Å². The normalized spacial score (nSPS) is 12.8. The fraction of sp³-hybridized carbons (Fsp3) is 0.312. The van der Waals surface area contributed by atoms with Crippen molar-refractivity contribution in [1.82, 2.24) is 23.9 Å². The molecule has 13 heteroatoms. The van der Waals surface area contributed by atoms with E-state index in [4.69, 9.17) is 11.6 Å². The number of hydrogen-bond donors (Lipinski definition) is 0. The van der Waals surface area contributed by atoms with Crippen molar-refractivity contribution in [2.24, 2.45) is 0 Å². The molecule has 29 heavy (non-hydrogen) atoms. The SMILES string of the molecule is CCN(CC)S(=O)(=O)c1ccc2nnc(Sc3ncc(C(F)(F)F)cc3Cl)n2c1. The van der Waals surface area contributed by atoms with Gasteiger partial charge in [0.15, 0.2) is 5.65 Å². The maximum atomic E-state index is 12.8. The van der Waals surface area contributed by atoms with Gasteiger partial charge in [-0.3, -0.25) is 4.40 Å². The molecule has 0 radical (unpaired) electrons. The second-order valence-corrected chi connectivity index (χ2v) is 9.08. The molecule has 3 rings (SSSR count). The minimum Gasteiger partial charge on any atom is -0.276 e. The summed E-state index contributed by atoms with van der Waals surface area (Å²) in [6.07, 6.45) is -2.52. The lowest BCUT2D eigenvalue weighted by Gasteiger charge is -2.18. The highest BCUT2D eigenvalue weighted by molar-refractivity contribution is 7.99. The van der Waals surface area contributed by atoms with Crippen LogP contribution in [-0.2, 0) is 16.2 Å². The number of hydrogen-bond acceptors (Lipinski definition) is 6. The highest BCUT2D eigenvalue weighted by Crippen LogP contribution is 2.36. The van der Waals surface area contributed by atoms with Crippen LogP contribution in [0.3, 0.4) is 0 Å². The molecular weight excluding hydrogens is 451 g/mol. The number of rotatable bonds is 6. The van der Waals surface area contributed by atoms with E-state index < -0.39 is 21.8 Å². The molecule has 7 nitrogen and oxygen atoms in total. The van der Waals surface area contributed by atoms with Crippen LogP contribution in [0.2, 0.25) is 5.02 Å². The predicted molar refractivity (Wildman–Crippen MR) is 101 cm³/mol. The van der Waals surface area contributed by atoms with Crippen LogP contribution in [0.15, 0.2) is 45.7 Å². The molecule has 0 fully saturated rings. The fourth-order valence-corrected chi connectivity index (χ4v) is 5.03. The van der Waals surface area contributed by atoms with Crippen molar-refractivity contribution in [2.75, 3.05) is 13.1 Å². The minimum absolute atomic E-state index is 0.0434. The molecule has 0 amide bonds. The van der Waals surface area contributed by atoms with Gasteiger partial charge >= 0.3 is 6.18 Å². The second-order valence-electron chi connectivity index (χ2n) is 5.78. The monoisotopic (exact) mass is 465 g/mol. The summed E-state index contributed by atoms with van der Waals surface area (Å²) >= 11 is 6.82. The Balaban J connectivity index is 2.00. The zero-order valence-electron chi connectivity index (χ0n) is 15.2. The van der Waals surface area contributed by atoms with Crippen molar-refractivity contribution >= 4 is 39.0 Å². The number of nitrogens with zero attached hydrogens (tertiary/aromatic N) is 5. The second kappa shape index (κ2) is 8.09. The Morgan fingerprint density at radius 3 is 2.48 bits per heavy atom. The smallest absolute Gasteiger partial charge is 0.276 e. The van der Waals surface area contributed by atoms with Crippen LogP contribution in [0, 0.1) is 0 Å². The van der Waals surface area contributed by atoms with Crippen molar-refractivity contribution in [1.29, 1.82) is 0 Å². The summed E-state index contributed by atoms with van der Waals surface area (Å²) in [5.74, 6) is 0. The molecule has 0 bridgehead atoms. The molecule has 156 valence electrons. The first-order chi connectivity index (χ1) is 13.6. The summed E-state index contributed by atoms with van der Waals surface area (Å²) in [5, 5.41) is 8.00. The summed E-state index contributed by atoms with van der Waals surface area (Å²) in [6.45, 7) is 4.09. The molecule has 0 saturated heterocycles. The zero-order valence-corrected chi connectivity index (χ0v) is 17.6. The molecule has 0 N–H and O–H groups in total. The lowest BCUT2D eigenvalue weighted by molar-refractivity contribution is -0.137. The van der Waals surface area contributed by atoms with Crippen LogP contribution in [0.5, 0.6) is 0 Å². The Morgan fingerprint density at radius 1 is 1.21 bits per heavy atom. The molecule has 3 aromatic rings. The number of aromatic nitrogens is 4. The zero-order chi connectivity index (χ0) is 21.4. The maximum absolute atomic E-state index is 12.8. The van der Waals surface area contributed by atoms with Crippen molar-refractivity contribution in [2.45, 2.75) is 35.1 Å². The third kappa shape index (κ3) is 4.34.